The first-order chi connectivity index (χ1) is 8.36. The first kappa shape index (κ1) is 13.4. The monoisotopic (exact) mass is 247 g/mol. The van der Waals surface area contributed by atoms with Crippen molar-refractivity contribution in [2.24, 2.45) is 0 Å². The van der Waals surface area contributed by atoms with Crippen molar-refractivity contribution in [2.45, 2.75) is 52.4 Å². The van der Waals surface area contributed by atoms with E-state index in [1.165, 1.54) is 5.69 Å². The third kappa shape index (κ3) is 2.40. The zero-order valence-corrected chi connectivity index (χ0v) is 11.9. The summed E-state index contributed by atoms with van der Waals surface area (Å²) >= 11 is 0. The largest absolute Gasteiger partial charge is 0.487 e. The van der Waals surface area contributed by atoms with Crippen molar-refractivity contribution in [1.82, 2.24) is 4.57 Å². The van der Waals surface area contributed by atoms with E-state index in [0.29, 0.717) is 0 Å². The van der Waals surface area contributed by atoms with Gasteiger partial charge in [0.25, 0.3) is 0 Å². The molecule has 2 rings (SSSR count). The van der Waals surface area contributed by atoms with Crippen LogP contribution in [0.15, 0.2) is 24.3 Å². The minimum Gasteiger partial charge on any atom is -0.400 e. The summed E-state index contributed by atoms with van der Waals surface area (Å²) in [5.41, 5.74) is 0.635. The van der Waals surface area contributed by atoms with Gasteiger partial charge in [-0.25, -0.2) is 0 Å². The Labute approximate surface area is 110 Å². The predicted molar refractivity (Wildman–Crippen MR) is 75.2 cm³/mol. The summed E-state index contributed by atoms with van der Waals surface area (Å²) in [5, 5.41) is 0. The fourth-order valence-electron chi connectivity index (χ4n) is 2.01. The van der Waals surface area contributed by atoms with Gasteiger partial charge in [-0.1, -0.05) is 5.98 Å². The van der Waals surface area contributed by atoms with Gasteiger partial charge >= 0.3 is 7.12 Å². The minimum atomic E-state index is -0.269. The van der Waals surface area contributed by atoms with Crippen molar-refractivity contribution >= 4 is 13.2 Å². The van der Waals surface area contributed by atoms with E-state index in [9.17, 15) is 0 Å². The molecule has 0 aromatic carbocycles. The third-order valence-corrected chi connectivity index (χ3v) is 3.90. The Bertz CT molecular complexity index is 432. The Balaban J connectivity index is 2.08. The van der Waals surface area contributed by atoms with Crippen LogP contribution < -0.4 is 0 Å². The van der Waals surface area contributed by atoms with Crippen LogP contribution in [-0.2, 0) is 15.9 Å². The van der Waals surface area contributed by atoms with Crippen LogP contribution in [-0.4, -0.2) is 22.9 Å². The molecule has 2 heterocycles. The van der Waals surface area contributed by atoms with Gasteiger partial charge in [0.2, 0.25) is 0 Å². The van der Waals surface area contributed by atoms with Gasteiger partial charge in [0, 0.05) is 18.4 Å². The fourth-order valence-corrected chi connectivity index (χ4v) is 2.01. The summed E-state index contributed by atoms with van der Waals surface area (Å²) in [4.78, 5) is 0. The van der Waals surface area contributed by atoms with Gasteiger partial charge in [0.05, 0.1) is 11.2 Å². The molecular formula is C14H22BNO2. The molecular weight excluding hydrogens is 225 g/mol. The molecule has 0 N–H and O–H groups in total. The number of nitrogens with zero attached hydrogens (tertiary/aromatic N) is 1. The van der Waals surface area contributed by atoms with Crippen LogP contribution in [0.1, 0.15) is 40.3 Å². The van der Waals surface area contributed by atoms with E-state index in [2.05, 4.69) is 57.5 Å². The molecule has 98 valence electrons. The van der Waals surface area contributed by atoms with Crippen molar-refractivity contribution in [3.63, 3.8) is 0 Å². The Morgan fingerprint density at radius 2 is 1.83 bits per heavy atom. The number of hydrogen-bond donors (Lipinski definition) is 0. The Hall–Kier alpha value is -0.995. The summed E-state index contributed by atoms with van der Waals surface area (Å²) in [6, 6.07) is 4.14. The van der Waals surface area contributed by atoms with Crippen LogP contribution in [0.3, 0.4) is 0 Å². The van der Waals surface area contributed by atoms with Gasteiger partial charge in [0.15, 0.2) is 0 Å². The van der Waals surface area contributed by atoms with E-state index in [1.807, 2.05) is 12.0 Å². The summed E-state index contributed by atoms with van der Waals surface area (Å²) < 4.78 is 14.0. The fraction of sp³-hybridized carbons (Fsp3) is 0.571. The van der Waals surface area contributed by atoms with E-state index in [0.717, 1.165) is 6.54 Å². The first-order valence-electron chi connectivity index (χ1n) is 6.55. The summed E-state index contributed by atoms with van der Waals surface area (Å²) in [6.07, 6.45) is 4.13. The van der Waals surface area contributed by atoms with Crippen LogP contribution in [0.2, 0.25) is 0 Å². The molecule has 0 unspecified atom stereocenters. The van der Waals surface area contributed by atoms with E-state index in [4.69, 9.17) is 9.31 Å². The maximum atomic E-state index is 5.92. The topological polar surface area (TPSA) is 23.4 Å². The molecule has 0 bridgehead atoms. The van der Waals surface area contributed by atoms with Crippen molar-refractivity contribution in [2.75, 3.05) is 0 Å². The van der Waals surface area contributed by atoms with Gasteiger partial charge in [0.1, 0.15) is 0 Å². The molecule has 1 aliphatic rings. The van der Waals surface area contributed by atoms with Crippen LogP contribution in [0.4, 0.5) is 0 Å². The molecule has 0 atom stereocenters. The van der Waals surface area contributed by atoms with Crippen molar-refractivity contribution in [1.29, 1.82) is 0 Å². The molecule has 0 spiro atoms. The summed E-state index contributed by atoms with van der Waals surface area (Å²) in [6.45, 7) is 11.4. The Morgan fingerprint density at radius 1 is 1.22 bits per heavy atom. The number of aryl methyl sites for hydroxylation is 1. The zero-order valence-electron chi connectivity index (χ0n) is 11.9. The lowest BCUT2D eigenvalue weighted by Crippen LogP contribution is -2.41. The van der Waals surface area contributed by atoms with Crippen LogP contribution >= 0.6 is 0 Å². The van der Waals surface area contributed by atoms with Gasteiger partial charge in [-0.15, -0.1) is 0 Å². The molecule has 1 aromatic rings. The average molecular weight is 247 g/mol. The lowest BCUT2D eigenvalue weighted by molar-refractivity contribution is 0.00578. The van der Waals surface area contributed by atoms with Gasteiger partial charge in [-0.2, -0.15) is 0 Å². The van der Waals surface area contributed by atoms with Gasteiger partial charge < -0.3 is 13.9 Å². The molecule has 1 saturated heterocycles. The standard InChI is InChI=1S/C14H22BNO2/c1-6-16-11-7-8-12(16)9-10-15-17-13(2,3)14(4,5)18-15/h7-11H,6H2,1-5H3/b10-9+. The molecule has 0 saturated carbocycles. The normalized spacial score (nSPS) is 21.9. The Kier molecular flexibility index (Phi) is 3.43. The maximum Gasteiger partial charge on any atom is 0.487 e. The molecule has 0 amide bonds. The van der Waals surface area contributed by atoms with Gasteiger partial charge in [-0.3, -0.25) is 0 Å². The predicted octanol–water partition coefficient (Wildman–Crippen LogP) is 3.15. The lowest BCUT2D eigenvalue weighted by atomic mass is 9.90. The summed E-state index contributed by atoms with van der Waals surface area (Å²) in [5.74, 6) is 1.98. The molecule has 0 radical (unpaired) electrons. The highest BCUT2D eigenvalue weighted by Crippen LogP contribution is 2.36. The van der Waals surface area contributed by atoms with Crippen LogP contribution in [0.25, 0.3) is 6.08 Å². The van der Waals surface area contributed by atoms with Gasteiger partial charge in [-0.05, 0) is 52.8 Å². The minimum absolute atomic E-state index is 0.268. The van der Waals surface area contributed by atoms with E-state index in [1.54, 1.807) is 0 Å². The second-order valence-corrected chi connectivity index (χ2v) is 5.70. The van der Waals surface area contributed by atoms with Crippen molar-refractivity contribution < 1.29 is 9.31 Å². The lowest BCUT2D eigenvalue weighted by Gasteiger charge is -2.32. The average Bonchev–Trinajstić information content (AvgIpc) is 2.78. The van der Waals surface area contributed by atoms with Crippen molar-refractivity contribution in [3.05, 3.63) is 30.0 Å². The number of hydrogen-bond acceptors (Lipinski definition) is 2. The first-order valence-corrected chi connectivity index (χ1v) is 6.55. The number of aromatic nitrogens is 1. The van der Waals surface area contributed by atoms with E-state index < -0.39 is 0 Å². The van der Waals surface area contributed by atoms with E-state index >= 15 is 0 Å². The number of rotatable bonds is 3. The highest BCUT2D eigenvalue weighted by Gasteiger charge is 2.49. The highest BCUT2D eigenvalue weighted by atomic mass is 16.7. The summed E-state index contributed by atoms with van der Waals surface area (Å²) in [7, 11) is -0.268. The smallest absolute Gasteiger partial charge is 0.400 e. The van der Waals surface area contributed by atoms with Crippen LogP contribution in [0, 0.1) is 0 Å². The second-order valence-electron chi connectivity index (χ2n) is 5.70. The second kappa shape index (κ2) is 4.59. The molecule has 18 heavy (non-hydrogen) atoms. The zero-order chi connectivity index (χ0) is 13.4. The third-order valence-electron chi connectivity index (χ3n) is 3.90. The van der Waals surface area contributed by atoms with Crippen LogP contribution in [0.5, 0.6) is 0 Å². The molecule has 0 aliphatic carbocycles. The molecule has 1 aromatic heterocycles. The maximum absolute atomic E-state index is 5.92. The van der Waals surface area contributed by atoms with Crippen molar-refractivity contribution in [3.8, 4) is 0 Å². The quantitative estimate of drug-likeness (QED) is 0.766. The molecule has 3 nitrogen and oxygen atoms in total. The van der Waals surface area contributed by atoms with E-state index in [-0.39, 0.29) is 18.3 Å². The molecule has 1 fully saturated rings. The Morgan fingerprint density at radius 3 is 2.39 bits per heavy atom. The highest BCUT2D eigenvalue weighted by molar-refractivity contribution is 6.52. The SMILES string of the molecule is CCn1cccc1/C=C/B1OC(C)(C)C(C)(C)O1. The molecule has 1 aliphatic heterocycles. The molecule has 4 heteroatoms.